The zero-order valence-corrected chi connectivity index (χ0v) is 17.9. The monoisotopic (exact) mass is 416 g/mol. The highest BCUT2D eigenvalue weighted by Crippen LogP contribution is 2.26. The number of fused-ring (bicyclic) bond motifs is 1. The number of hydrogen-bond acceptors (Lipinski definition) is 4. The van der Waals surface area contributed by atoms with Crippen LogP contribution in [0, 0.1) is 13.8 Å². The number of thioether (sulfide) groups is 1. The maximum absolute atomic E-state index is 12.5. The van der Waals surface area contributed by atoms with Crippen LogP contribution in [0.3, 0.4) is 0 Å². The molecule has 0 aliphatic carbocycles. The quantitative estimate of drug-likeness (QED) is 0.451. The summed E-state index contributed by atoms with van der Waals surface area (Å²) in [6, 6.07) is 20.2. The molecular weight excluding hydrogens is 392 g/mol. The number of nitrogens with zero attached hydrogens (tertiary/aromatic N) is 3. The van der Waals surface area contributed by atoms with Gasteiger partial charge in [0, 0.05) is 34.3 Å². The molecule has 0 aliphatic rings. The standard InChI is InChI=1S/C24H24N4OS/c1-17-21(18(2)28(27-17)15-19-8-4-3-5-9-19)14-26-24(29)16-30-23-12-13-25-22-11-7-6-10-20(22)23/h3-13H,14-16H2,1-2H3,(H,26,29). The van der Waals surface area contributed by atoms with E-state index in [-0.39, 0.29) is 5.91 Å². The van der Waals surface area contributed by atoms with E-state index in [1.165, 1.54) is 17.3 Å². The fourth-order valence-electron chi connectivity index (χ4n) is 3.48. The molecule has 0 spiro atoms. The van der Waals surface area contributed by atoms with Crippen LogP contribution < -0.4 is 5.32 Å². The first-order chi connectivity index (χ1) is 14.6. The molecule has 4 aromatic rings. The van der Waals surface area contributed by atoms with E-state index in [4.69, 9.17) is 0 Å². The lowest BCUT2D eigenvalue weighted by Gasteiger charge is -2.08. The number of rotatable bonds is 7. The van der Waals surface area contributed by atoms with Crippen LogP contribution in [0.1, 0.15) is 22.5 Å². The first-order valence-electron chi connectivity index (χ1n) is 9.92. The van der Waals surface area contributed by atoms with E-state index in [0.717, 1.165) is 39.3 Å². The van der Waals surface area contributed by atoms with E-state index in [1.807, 2.05) is 60.1 Å². The van der Waals surface area contributed by atoms with Crippen molar-refractivity contribution in [2.75, 3.05) is 5.75 Å². The van der Waals surface area contributed by atoms with Gasteiger partial charge in [-0.2, -0.15) is 5.10 Å². The number of carbonyl (C=O) groups is 1. The van der Waals surface area contributed by atoms with E-state index in [0.29, 0.717) is 12.3 Å². The molecular formula is C24H24N4OS. The smallest absolute Gasteiger partial charge is 0.230 e. The summed E-state index contributed by atoms with van der Waals surface area (Å²) in [6.45, 7) is 5.27. The molecule has 152 valence electrons. The molecule has 0 bridgehead atoms. The summed E-state index contributed by atoms with van der Waals surface area (Å²) in [5, 5.41) is 8.79. The summed E-state index contributed by atoms with van der Waals surface area (Å²) in [6.07, 6.45) is 1.79. The van der Waals surface area contributed by atoms with E-state index in [1.54, 1.807) is 6.20 Å². The lowest BCUT2D eigenvalue weighted by atomic mass is 10.2. The zero-order chi connectivity index (χ0) is 20.9. The summed E-state index contributed by atoms with van der Waals surface area (Å²) >= 11 is 1.54. The van der Waals surface area contributed by atoms with Crippen LogP contribution in [0.15, 0.2) is 71.8 Å². The van der Waals surface area contributed by atoms with Gasteiger partial charge in [-0.1, -0.05) is 48.5 Å². The maximum Gasteiger partial charge on any atom is 0.230 e. The average molecular weight is 417 g/mol. The highest BCUT2D eigenvalue weighted by atomic mass is 32.2. The van der Waals surface area contributed by atoms with Gasteiger partial charge >= 0.3 is 0 Å². The first kappa shape index (κ1) is 20.2. The van der Waals surface area contributed by atoms with Crippen LogP contribution in [0.4, 0.5) is 0 Å². The summed E-state index contributed by atoms with van der Waals surface area (Å²) < 4.78 is 2.00. The molecule has 1 amide bonds. The van der Waals surface area contributed by atoms with Gasteiger partial charge in [0.2, 0.25) is 5.91 Å². The SMILES string of the molecule is Cc1nn(Cc2ccccc2)c(C)c1CNC(=O)CSc1ccnc2ccccc12. The fourth-order valence-corrected chi connectivity index (χ4v) is 4.35. The Morgan fingerprint density at radius 3 is 2.63 bits per heavy atom. The molecule has 0 atom stereocenters. The average Bonchev–Trinajstić information content (AvgIpc) is 3.03. The van der Waals surface area contributed by atoms with Crippen molar-refractivity contribution in [2.24, 2.45) is 0 Å². The minimum Gasteiger partial charge on any atom is -0.351 e. The third-order valence-corrected chi connectivity index (χ3v) is 6.21. The van der Waals surface area contributed by atoms with Crippen molar-refractivity contribution < 1.29 is 4.79 Å². The van der Waals surface area contributed by atoms with E-state index >= 15 is 0 Å². The van der Waals surface area contributed by atoms with E-state index in [9.17, 15) is 4.79 Å². The van der Waals surface area contributed by atoms with Crippen molar-refractivity contribution in [1.29, 1.82) is 0 Å². The third kappa shape index (κ3) is 4.54. The van der Waals surface area contributed by atoms with Crippen molar-refractivity contribution in [3.05, 3.63) is 89.4 Å². The summed E-state index contributed by atoms with van der Waals surface area (Å²) in [7, 11) is 0. The van der Waals surface area contributed by atoms with Gasteiger partial charge in [0.25, 0.3) is 0 Å². The molecule has 2 aromatic carbocycles. The van der Waals surface area contributed by atoms with Crippen LogP contribution in [-0.2, 0) is 17.9 Å². The lowest BCUT2D eigenvalue weighted by Crippen LogP contribution is -2.25. The van der Waals surface area contributed by atoms with Crippen molar-refractivity contribution >= 4 is 28.6 Å². The Hall–Kier alpha value is -3.12. The van der Waals surface area contributed by atoms with E-state index < -0.39 is 0 Å². The van der Waals surface area contributed by atoms with Gasteiger partial charge in [0.15, 0.2) is 0 Å². The number of carbonyl (C=O) groups excluding carboxylic acids is 1. The number of hydrogen-bond donors (Lipinski definition) is 1. The van der Waals surface area contributed by atoms with Gasteiger partial charge < -0.3 is 5.32 Å². The Bertz CT molecular complexity index is 1170. The number of para-hydroxylation sites is 1. The largest absolute Gasteiger partial charge is 0.351 e. The minimum absolute atomic E-state index is 0.00972. The van der Waals surface area contributed by atoms with Crippen LogP contribution in [0.25, 0.3) is 10.9 Å². The molecule has 5 nitrogen and oxygen atoms in total. The van der Waals surface area contributed by atoms with Gasteiger partial charge in [-0.3, -0.25) is 14.5 Å². The summed E-state index contributed by atoms with van der Waals surface area (Å²) in [5.41, 5.74) is 5.28. The second kappa shape index (κ2) is 9.13. The lowest BCUT2D eigenvalue weighted by molar-refractivity contribution is -0.118. The number of pyridine rings is 1. The molecule has 2 aromatic heterocycles. The Labute approximate surface area is 180 Å². The molecule has 30 heavy (non-hydrogen) atoms. The van der Waals surface area contributed by atoms with Gasteiger partial charge in [0.05, 0.1) is 23.5 Å². The normalized spacial score (nSPS) is 11.0. The van der Waals surface area contributed by atoms with E-state index in [2.05, 4.69) is 34.5 Å². The van der Waals surface area contributed by atoms with Crippen molar-refractivity contribution in [3.8, 4) is 0 Å². The molecule has 6 heteroatoms. The first-order valence-corrected chi connectivity index (χ1v) is 10.9. The predicted octanol–water partition coefficient (Wildman–Crippen LogP) is 4.50. The molecule has 0 saturated carbocycles. The molecule has 0 aliphatic heterocycles. The second-order valence-electron chi connectivity index (χ2n) is 7.18. The zero-order valence-electron chi connectivity index (χ0n) is 17.1. The summed E-state index contributed by atoms with van der Waals surface area (Å²) in [5.74, 6) is 0.375. The Morgan fingerprint density at radius 1 is 1.03 bits per heavy atom. The molecule has 0 unspecified atom stereocenters. The van der Waals surface area contributed by atoms with Gasteiger partial charge in [0.1, 0.15) is 0 Å². The Kier molecular flexibility index (Phi) is 6.14. The molecule has 0 radical (unpaired) electrons. The fraction of sp³-hybridized carbons (Fsp3) is 0.208. The Balaban J connectivity index is 1.37. The third-order valence-electron chi connectivity index (χ3n) is 5.14. The Morgan fingerprint density at radius 2 is 1.80 bits per heavy atom. The number of nitrogens with one attached hydrogen (secondary N) is 1. The maximum atomic E-state index is 12.5. The second-order valence-corrected chi connectivity index (χ2v) is 8.20. The van der Waals surface area contributed by atoms with Gasteiger partial charge in [-0.25, -0.2) is 0 Å². The van der Waals surface area contributed by atoms with Crippen LogP contribution >= 0.6 is 11.8 Å². The molecule has 4 rings (SSSR count). The molecule has 0 saturated heterocycles. The number of amides is 1. The van der Waals surface area contributed by atoms with Crippen LogP contribution in [-0.4, -0.2) is 26.4 Å². The van der Waals surface area contributed by atoms with Crippen molar-refractivity contribution in [1.82, 2.24) is 20.1 Å². The number of aromatic nitrogens is 3. The van der Waals surface area contributed by atoms with Gasteiger partial charge in [-0.15, -0.1) is 11.8 Å². The van der Waals surface area contributed by atoms with Crippen molar-refractivity contribution in [3.63, 3.8) is 0 Å². The molecule has 2 heterocycles. The molecule has 1 N–H and O–H groups in total. The summed E-state index contributed by atoms with van der Waals surface area (Å²) in [4.78, 5) is 17.9. The highest BCUT2D eigenvalue weighted by Gasteiger charge is 2.13. The predicted molar refractivity (Wildman–Crippen MR) is 122 cm³/mol. The van der Waals surface area contributed by atoms with Crippen LogP contribution in [0.2, 0.25) is 0 Å². The number of aryl methyl sites for hydroxylation is 1. The molecule has 0 fully saturated rings. The highest BCUT2D eigenvalue weighted by molar-refractivity contribution is 8.00. The van der Waals surface area contributed by atoms with Crippen LogP contribution in [0.5, 0.6) is 0 Å². The topological polar surface area (TPSA) is 59.8 Å². The van der Waals surface area contributed by atoms with Gasteiger partial charge in [-0.05, 0) is 31.5 Å². The number of benzene rings is 2. The minimum atomic E-state index is 0.00972. The van der Waals surface area contributed by atoms with Crippen molar-refractivity contribution in [2.45, 2.75) is 31.8 Å².